The highest BCUT2D eigenvalue weighted by molar-refractivity contribution is 6.31. The molecular weight excluding hydrogens is 357 g/mol. The Morgan fingerprint density at radius 1 is 1.04 bits per heavy atom. The van der Waals surface area contributed by atoms with Crippen molar-refractivity contribution in [3.05, 3.63) is 57.6 Å². The highest BCUT2D eigenvalue weighted by atomic mass is 35.5. The molecule has 0 aliphatic rings. The summed E-state index contributed by atoms with van der Waals surface area (Å²) in [7, 11) is 0. The summed E-state index contributed by atoms with van der Waals surface area (Å²) in [4.78, 5) is 0. The molecule has 0 amide bonds. The highest BCUT2D eigenvalue weighted by Gasteiger charge is 2.12. The minimum atomic E-state index is 0.0682. The minimum absolute atomic E-state index is 0.0682. The summed E-state index contributed by atoms with van der Waals surface area (Å²) in [6.07, 6.45) is 1.00. The van der Waals surface area contributed by atoms with Crippen molar-refractivity contribution in [1.82, 2.24) is 5.32 Å². The largest absolute Gasteiger partial charge is 0.490 e. The Kier molecular flexibility index (Phi) is 7.89. The fourth-order valence-electron chi connectivity index (χ4n) is 2.43. The maximum atomic E-state index is 6.41. The Labute approximate surface area is 160 Å². The van der Waals surface area contributed by atoms with E-state index in [2.05, 4.69) is 5.32 Å². The van der Waals surface area contributed by atoms with Crippen molar-refractivity contribution in [2.24, 2.45) is 0 Å². The quantitative estimate of drug-likeness (QED) is 0.580. The Hall–Kier alpha value is -1.42. The molecule has 0 spiro atoms. The van der Waals surface area contributed by atoms with Gasteiger partial charge in [0.1, 0.15) is 0 Å². The SMILES string of the molecule is CCOc1cc(CNCCc2ccc(Cl)cc2)c(Cl)cc1OC(C)C. The summed E-state index contributed by atoms with van der Waals surface area (Å²) >= 11 is 12.3. The average Bonchev–Trinajstić information content (AvgIpc) is 2.56. The Bertz CT molecular complexity index is 672. The van der Waals surface area contributed by atoms with Crippen LogP contribution in [0.25, 0.3) is 0 Å². The van der Waals surface area contributed by atoms with Crippen LogP contribution < -0.4 is 14.8 Å². The average molecular weight is 382 g/mol. The third-order valence-corrected chi connectivity index (χ3v) is 4.20. The monoisotopic (exact) mass is 381 g/mol. The van der Waals surface area contributed by atoms with E-state index in [1.165, 1.54) is 5.56 Å². The van der Waals surface area contributed by atoms with E-state index in [9.17, 15) is 0 Å². The second-order valence-corrected chi connectivity index (χ2v) is 6.89. The third-order valence-electron chi connectivity index (χ3n) is 3.59. The highest BCUT2D eigenvalue weighted by Crippen LogP contribution is 2.34. The molecule has 0 saturated carbocycles. The maximum absolute atomic E-state index is 6.41. The first-order valence-electron chi connectivity index (χ1n) is 8.56. The summed E-state index contributed by atoms with van der Waals surface area (Å²) in [6.45, 7) is 8.03. The van der Waals surface area contributed by atoms with Gasteiger partial charge in [0.05, 0.1) is 12.7 Å². The van der Waals surface area contributed by atoms with Crippen LogP contribution in [0.15, 0.2) is 36.4 Å². The molecule has 136 valence electrons. The summed E-state index contributed by atoms with van der Waals surface area (Å²) in [6, 6.07) is 11.7. The van der Waals surface area contributed by atoms with E-state index in [-0.39, 0.29) is 6.10 Å². The van der Waals surface area contributed by atoms with Crippen molar-refractivity contribution in [3.8, 4) is 11.5 Å². The van der Waals surface area contributed by atoms with Crippen molar-refractivity contribution >= 4 is 23.2 Å². The number of rotatable bonds is 9. The number of halogens is 2. The molecule has 0 aliphatic carbocycles. The fraction of sp³-hybridized carbons (Fsp3) is 0.400. The maximum Gasteiger partial charge on any atom is 0.163 e. The van der Waals surface area contributed by atoms with E-state index in [0.29, 0.717) is 23.9 Å². The van der Waals surface area contributed by atoms with Crippen molar-refractivity contribution in [1.29, 1.82) is 0 Å². The van der Waals surface area contributed by atoms with Crippen LogP contribution in [0, 0.1) is 0 Å². The Balaban J connectivity index is 1.96. The zero-order valence-corrected chi connectivity index (χ0v) is 16.5. The molecular formula is C20H25Cl2NO2. The van der Waals surface area contributed by atoms with Gasteiger partial charge in [-0.25, -0.2) is 0 Å². The molecule has 0 aliphatic heterocycles. The zero-order chi connectivity index (χ0) is 18.2. The number of hydrogen-bond acceptors (Lipinski definition) is 3. The third kappa shape index (κ3) is 6.43. The number of benzene rings is 2. The fourth-order valence-corrected chi connectivity index (χ4v) is 2.78. The number of ether oxygens (including phenoxy) is 2. The van der Waals surface area contributed by atoms with Gasteiger partial charge < -0.3 is 14.8 Å². The molecule has 0 bridgehead atoms. The van der Waals surface area contributed by atoms with Crippen molar-refractivity contribution in [3.63, 3.8) is 0 Å². The topological polar surface area (TPSA) is 30.5 Å². The molecule has 0 atom stereocenters. The molecule has 25 heavy (non-hydrogen) atoms. The van der Waals surface area contributed by atoms with Crippen LogP contribution in [0.4, 0.5) is 0 Å². The van der Waals surface area contributed by atoms with E-state index in [1.807, 2.05) is 57.2 Å². The molecule has 0 unspecified atom stereocenters. The molecule has 0 saturated heterocycles. The van der Waals surface area contributed by atoms with Gasteiger partial charge in [0.15, 0.2) is 11.5 Å². The van der Waals surface area contributed by atoms with Crippen LogP contribution >= 0.6 is 23.2 Å². The number of nitrogens with one attached hydrogen (secondary N) is 1. The van der Waals surface area contributed by atoms with Crippen LogP contribution in [-0.4, -0.2) is 19.3 Å². The van der Waals surface area contributed by atoms with Crippen LogP contribution in [0.3, 0.4) is 0 Å². The molecule has 5 heteroatoms. The lowest BCUT2D eigenvalue weighted by atomic mass is 10.1. The molecule has 0 fully saturated rings. The first-order chi connectivity index (χ1) is 12.0. The van der Waals surface area contributed by atoms with Crippen LogP contribution in [0.5, 0.6) is 11.5 Å². The van der Waals surface area contributed by atoms with Gasteiger partial charge in [-0.05, 0) is 63.1 Å². The molecule has 1 N–H and O–H groups in total. The van der Waals surface area contributed by atoms with Crippen molar-refractivity contribution in [2.45, 2.75) is 39.8 Å². The van der Waals surface area contributed by atoms with Crippen molar-refractivity contribution in [2.75, 3.05) is 13.2 Å². The summed E-state index contributed by atoms with van der Waals surface area (Å²) in [5.41, 5.74) is 2.25. The van der Waals surface area contributed by atoms with Crippen LogP contribution in [0.1, 0.15) is 31.9 Å². The Morgan fingerprint density at radius 3 is 2.40 bits per heavy atom. The van der Waals surface area contributed by atoms with Crippen LogP contribution in [-0.2, 0) is 13.0 Å². The zero-order valence-electron chi connectivity index (χ0n) is 14.9. The van der Waals surface area contributed by atoms with Gasteiger partial charge in [0.25, 0.3) is 0 Å². The smallest absolute Gasteiger partial charge is 0.163 e. The first kappa shape index (κ1) is 19.9. The van der Waals surface area contributed by atoms with Gasteiger partial charge in [-0.1, -0.05) is 35.3 Å². The second kappa shape index (κ2) is 9.91. The van der Waals surface area contributed by atoms with E-state index in [0.717, 1.165) is 29.3 Å². The van der Waals surface area contributed by atoms with Gasteiger partial charge >= 0.3 is 0 Å². The molecule has 2 rings (SSSR count). The molecule has 2 aromatic carbocycles. The predicted molar refractivity (Wildman–Crippen MR) is 105 cm³/mol. The standard InChI is InChI=1S/C20H25Cl2NO2/c1-4-24-19-11-16(18(22)12-20(19)25-14(2)3)13-23-10-9-15-5-7-17(21)8-6-15/h5-8,11-12,14,23H,4,9-10,13H2,1-3H3. The Morgan fingerprint density at radius 2 is 1.76 bits per heavy atom. The second-order valence-electron chi connectivity index (χ2n) is 6.04. The summed E-state index contributed by atoms with van der Waals surface area (Å²) < 4.78 is 11.5. The van der Waals surface area contributed by atoms with E-state index >= 15 is 0 Å². The predicted octanol–water partition coefficient (Wildman–Crippen LogP) is 5.51. The number of hydrogen-bond donors (Lipinski definition) is 1. The minimum Gasteiger partial charge on any atom is -0.490 e. The molecule has 0 aromatic heterocycles. The van der Waals surface area contributed by atoms with Gasteiger partial charge in [0, 0.05) is 22.7 Å². The lowest BCUT2D eigenvalue weighted by Gasteiger charge is -2.17. The summed E-state index contributed by atoms with van der Waals surface area (Å²) in [5, 5.41) is 4.86. The van der Waals surface area contributed by atoms with Gasteiger partial charge in [-0.3, -0.25) is 0 Å². The van der Waals surface area contributed by atoms with Gasteiger partial charge in [-0.15, -0.1) is 0 Å². The lowest BCUT2D eigenvalue weighted by Crippen LogP contribution is -2.17. The van der Waals surface area contributed by atoms with E-state index < -0.39 is 0 Å². The van der Waals surface area contributed by atoms with Gasteiger partial charge in [-0.2, -0.15) is 0 Å². The molecule has 3 nitrogen and oxygen atoms in total. The summed E-state index contributed by atoms with van der Waals surface area (Å²) in [5.74, 6) is 1.42. The van der Waals surface area contributed by atoms with Crippen LogP contribution in [0.2, 0.25) is 10.0 Å². The van der Waals surface area contributed by atoms with Gasteiger partial charge in [0.2, 0.25) is 0 Å². The molecule has 2 aromatic rings. The normalized spacial score (nSPS) is 11.0. The molecule has 0 heterocycles. The lowest BCUT2D eigenvalue weighted by molar-refractivity contribution is 0.223. The van der Waals surface area contributed by atoms with E-state index in [4.69, 9.17) is 32.7 Å². The van der Waals surface area contributed by atoms with Crippen molar-refractivity contribution < 1.29 is 9.47 Å². The molecule has 0 radical (unpaired) electrons. The first-order valence-corrected chi connectivity index (χ1v) is 9.32. The van der Waals surface area contributed by atoms with E-state index in [1.54, 1.807) is 0 Å².